The highest BCUT2D eigenvalue weighted by atomic mass is 19.1. The minimum atomic E-state index is -1.11. The van der Waals surface area contributed by atoms with Crippen molar-refractivity contribution < 1.29 is 37.7 Å². The third-order valence-electron chi connectivity index (χ3n) is 10.2. The number of hydrogen-bond donors (Lipinski definition) is 3. The third kappa shape index (κ3) is 4.43. The summed E-state index contributed by atoms with van der Waals surface area (Å²) in [4.78, 5) is 38.4. The Kier molecular flexibility index (Phi) is 6.11. The minimum Gasteiger partial charge on any atom is -0.493 e. The molecule has 7 rings (SSSR count). The molecular formula is C29H36F2N2O6. The smallest absolute Gasteiger partial charge is 0.309 e. The lowest BCUT2D eigenvalue weighted by molar-refractivity contribution is -0.177. The van der Waals surface area contributed by atoms with Crippen LogP contribution in [0.5, 0.6) is 11.5 Å². The molecule has 0 aromatic heterocycles. The van der Waals surface area contributed by atoms with Crippen LogP contribution in [-0.4, -0.2) is 53.4 Å². The van der Waals surface area contributed by atoms with Crippen molar-refractivity contribution in [1.29, 1.82) is 0 Å². The van der Waals surface area contributed by atoms with Crippen LogP contribution in [0.4, 0.5) is 8.78 Å². The lowest BCUT2D eigenvalue weighted by Gasteiger charge is -2.66. The molecule has 0 spiro atoms. The van der Waals surface area contributed by atoms with Gasteiger partial charge in [0.15, 0.2) is 11.6 Å². The first-order valence-electron chi connectivity index (χ1n) is 14.0. The predicted octanol–water partition coefficient (Wildman–Crippen LogP) is 4.15. The number of alkyl halides is 1. The van der Waals surface area contributed by atoms with Gasteiger partial charge in [0.2, 0.25) is 5.91 Å². The van der Waals surface area contributed by atoms with Gasteiger partial charge in [-0.3, -0.25) is 14.4 Å². The molecule has 212 valence electrons. The van der Waals surface area contributed by atoms with Gasteiger partial charge in [-0.2, -0.15) is 0 Å². The van der Waals surface area contributed by atoms with Crippen molar-refractivity contribution in [2.24, 2.45) is 23.2 Å². The Morgan fingerprint density at radius 2 is 1.72 bits per heavy atom. The summed E-state index contributed by atoms with van der Waals surface area (Å²) < 4.78 is 40.3. The highest BCUT2D eigenvalue weighted by Crippen LogP contribution is 2.63. The molecule has 6 aliphatic rings. The number of carbonyl (C=O) groups excluding carboxylic acids is 2. The van der Waals surface area contributed by atoms with Crippen LogP contribution < -0.4 is 20.1 Å². The van der Waals surface area contributed by atoms with Gasteiger partial charge in [-0.15, -0.1) is 0 Å². The average molecular weight is 547 g/mol. The van der Waals surface area contributed by atoms with Crippen molar-refractivity contribution in [2.75, 3.05) is 7.11 Å². The van der Waals surface area contributed by atoms with Gasteiger partial charge < -0.3 is 25.2 Å². The number of halogens is 2. The van der Waals surface area contributed by atoms with Gasteiger partial charge in [0.1, 0.15) is 11.4 Å². The maximum atomic E-state index is 15.0. The van der Waals surface area contributed by atoms with Crippen LogP contribution in [0.3, 0.4) is 0 Å². The van der Waals surface area contributed by atoms with Crippen LogP contribution in [0.2, 0.25) is 0 Å². The predicted molar refractivity (Wildman–Crippen MR) is 136 cm³/mol. The van der Waals surface area contributed by atoms with E-state index in [0.29, 0.717) is 44.9 Å². The van der Waals surface area contributed by atoms with E-state index in [9.17, 15) is 23.9 Å². The Labute approximate surface area is 226 Å². The summed E-state index contributed by atoms with van der Waals surface area (Å²) >= 11 is 0. The molecule has 3 N–H and O–H groups in total. The lowest BCUT2D eigenvalue weighted by atomic mass is 9.47. The monoisotopic (exact) mass is 546 g/mol. The number of amides is 2. The van der Waals surface area contributed by atoms with E-state index in [0.717, 1.165) is 19.3 Å². The molecule has 0 unspecified atom stereocenters. The third-order valence-corrected chi connectivity index (χ3v) is 10.2. The molecule has 1 aromatic carbocycles. The number of carboxylic acid groups (broad SMARTS) is 1. The zero-order valence-electron chi connectivity index (χ0n) is 22.4. The second kappa shape index (κ2) is 9.06. The molecule has 0 aliphatic heterocycles. The molecule has 0 heterocycles. The van der Waals surface area contributed by atoms with Crippen molar-refractivity contribution in [3.8, 4) is 11.5 Å². The van der Waals surface area contributed by atoms with Crippen molar-refractivity contribution in [3.63, 3.8) is 0 Å². The molecule has 10 heteroatoms. The van der Waals surface area contributed by atoms with Gasteiger partial charge in [-0.05, 0) is 69.8 Å². The topological polar surface area (TPSA) is 114 Å². The lowest BCUT2D eigenvalue weighted by Crippen LogP contribution is -2.77. The second-order valence-electron chi connectivity index (χ2n) is 13.0. The number of ether oxygens (including phenoxy) is 2. The fourth-order valence-electron chi connectivity index (χ4n) is 8.01. The van der Waals surface area contributed by atoms with Gasteiger partial charge in [0, 0.05) is 36.9 Å². The Morgan fingerprint density at radius 1 is 1.05 bits per heavy atom. The highest BCUT2D eigenvalue weighted by molar-refractivity contribution is 5.98. The molecule has 6 fully saturated rings. The van der Waals surface area contributed by atoms with E-state index in [2.05, 4.69) is 10.6 Å². The van der Waals surface area contributed by atoms with Gasteiger partial charge in [-0.1, -0.05) is 0 Å². The van der Waals surface area contributed by atoms with E-state index in [1.165, 1.54) is 19.2 Å². The number of rotatable bonds is 8. The summed E-state index contributed by atoms with van der Waals surface area (Å²) in [5.41, 5.74) is -2.36. The normalized spacial score (nSPS) is 39.7. The van der Waals surface area contributed by atoms with Crippen molar-refractivity contribution >= 4 is 17.8 Å². The molecule has 4 bridgehead atoms. The van der Waals surface area contributed by atoms with E-state index >= 15 is 4.39 Å². The van der Waals surface area contributed by atoms with Crippen molar-refractivity contribution in [3.05, 3.63) is 23.5 Å². The number of aliphatic carboxylic acids is 1. The van der Waals surface area contributed by atoms with Crippen molar-refractivity contribution in [2.45, 2.75) is 94.5 Å². The molecule has 2 amide bonds. The molecule has 1 aromatic rings. The van der Waals surface area contributed by atoms with E-state index in [-0.39, 0.29) is 40.9 Å². The first-order valence-corrected chi connectivity index (χ1v) is 14.0. The SMILES string of the molecule is COc1c(F)cc(OC2CCC(C)(C(=O)O)CC2)cc1C(=O)N[C@@H]1[C@H]2CC[C@H](C2)[C@@H]1C(=O)NC12CC(F)(C1)C2. The summed E-state index contributed by atoms with van der Waals surface area (Å²) in [5.74, 6) is -2.37. The summed E-state index contributed by atoms with van der Waals surface area (Å²) in [6.45, 7) is 1.72. The van der Waals surface area contributed by atoms with Crippen molar-refractivity contribution in [1.82, 2.24) is 10.6 Å². The molecular weight excluding hydrogens is 510 g/mol. The number of fused-ring (bicyclic) bond motifs is 2. The van der Waals surface area contributed by atoms with E-state index in [4.69, 9.17) is 9.47 Å². The molecule has 6 saturated carbocycles. The number of hydrogen-bond acceptors (Lipinski definition) is 5. The summed E-state index contributed by atoms with van der Waals surface area (Å²) in [5, 5.41) is 15.6. The number of benzene rings is 1. The summed E-state index contributed by atoms with van der Waals surface area (Å²) in [6, 6.07) is 2.23. The second-order valence-corrected chi connectivity index (χ2v) is 13.0. The van der Waals surface area contributed by atoms with Crippen LogP contribution >= 0.6 is 0 Å². The summed E-state index contributed by atoms with van der Waals surface area (Å²) in [7, 11) is 1.29. The molecule has 0 saturated heterocycles. The highest BCUT2D eigenvalue weighted by Gasteiger charge is 2.70. The molecule has 4 atom stereocenters. The molecule has 6 aliphatic carbocycles. The zero-order valence-corrected chi connectivity index (χ0v) is 22.4. The standard InChI is InChI=1S/C29H36F2N2O6/c1-27(26(36)37)7-5-17(6-8-27)39-18-10-19(23(38-2)20(30)11-18)24(34)32-22-16-4-3-15(9-16)21(22)25(35)33-29-12-28(31,13-29)14-29/h10-11,15-17,21-22H,3-9,12-14H2,1-2H3,(H,32,34)(H,33,35)(H,36,37)/t15-,16+,17?,21+,22-,27?,28?,29?/m1/s1. The maximum Gasteiger partial charge on any atom is 0.309 e. The Hall–Kier alpha value is -2.91. The molecule has 39 heavy (non-hydrogen) atoms. The van der Waals surface area contributed by atoms with Crippen LogP contribution in [0, 0.1) is 29.0 Å². The number of methoxy groups -OCH3 is 1. The van der Waals surface area contributed by atoms with Crippen LogP contribution in [-0.2, 0) is 9.59 Å². The van der Waals surface area contributed by atoms with Gasteiger partial charge >= 0.3 is 5.97 Å². The number of carbonyl (C=O) groups is 3. The van der Waals surface area contributed by atoms with Crippen LogP contribution in [0.15, 0.2) is 12.1 Å². The first-order chi connectivity index (χ1) is 18.4. The fourth-order valence-corrected chi connectivity index (χ4v) is 8.01. The Morgan fingerprint density at radius 3 is 2.33 bits per heavy atom. The fraction of sp³-hybridized carbons (Fsp3) is 0.690. The number of carboxylic acids is 1. The largest absolute Gasteiger partial charge is 0.493 e. The minimum absolute atomic E-state index is 0.0144. The Bertz CT molecular complexity index is 1190. The zero-order chi connectivity index (χ0) is 27.7. The summed E-state index contributed by atoms with van der Waals surface area (Å²) in [6.07, 6.45) is 5.36. The maximum absolute atomic E-state index is 15.0. The van der Waals surface area contributed by atoms with E-state index < -0.39 is 46.3 Å². The Balaban J connectivity index is 1.16. The van der Waals surface area contributed by atoms with E-state index in [1.807, 2.05) is 0 Å². The average Bonchev–Trinajstić information content (AvgIpc) is 3.45. The van der Waals surface area contributed by atoms with Crippen LogP contribution in [0.1, 0.15) is 81.5 Å². The molecule has 8 nitrogen and oxygen atoms in total. The van der Waals surface area contributed by atoms with Gasteiger partial charge in [-0.25, -0.2) is 8.78 Å². The number of nitrogens with one attached hydrogen (secondary N) is 2. The quantitative estimate of drug-likeness (QED) is 0.452. The van der Waals surface area contributed by atoms with Gasteiger partial charge in [0.25, 0.3) is 5.91 Å². The van der Waals surface area contributed by atoms with E-state index in [1.54, 1.807) is 6.92 Å². The van der Waals surface area contributed by atoms with Gasteiger partial charge in [0.05, 0.1) is 30.1 Å². The first kappa shape index (κ1) is 26.3. The molecule has 0 radical (unpaired) electrons. The van der Waals surface area contributed by atoms with Crippen LogP contribution in [0.25, 0.3) is 0 Å².